The third-order valence-electron chi connectivity index (χ3n) is 2.14. The molecule has 0 aromatic carbocycles. The summed E-state index contributed by atoms with van der Waals surface area (Å²) in [5, 5.41) is 7.62. The molecule has 2 N–H and O–H groups in total. The zero-order valence-corrected chi connectivity index (χ0v) is 7.16. The van der Waals surface area contributed by atoms with E-state index in [2.05, 4.69) is 10.2 Å². The van der Waals surface area contributed by atoms with Gasteiger partial charge in [-0.15, -0.1) is 10.2 Å². The second-order valence-corrected chi connectivity index (χ2v) is 3.44. The molecule has 0 radical (unpaired) electrons. The second kappa shape index (κ2) is 2.86. The Morgan fingerprint density at radius 1 is 1.58 bits per heavy atom. The molecule has 0 aliphatic heterocycles. The molecule has 0 bridgehead atoms. The van der Waals surface area contributed by atoms with Crippen molar-refractivity contribution in [2.24, 2.45) is 11.7 Å². The standard InChI is InChI=1S/C8H13N3O/c1-5-10-11-8(12-5)7(9)4-6-2-3-6/h6-7H,2-4,9H2,1H3. The number of nitrogens with two attached hydrogens (primary N) is 1. The summed E-state index contributed by atoms with van der Waals surface area (Å²) in [6.07, 6.45) is 3.60. The predicted octanol–water partition coefficient (Wildman–Crippen LogP) is 1.18. The van der Waals surface area contributed by atoms with Crippen LogP contribution >= 0.6 is 0 Å². The average molecular weight is 167 g/mol. The lowest BCUT2D eigenvalue weighted by Gasteiger charge is -2.03. The van der Waals surface area contributed by atoms with E-state index < -0.39 is 0 Å². The molecule has 2 rings (SSSR count). The van der Waals surface area contributed by atoms with Crippen LogP contribution in [-0.2, 0) is 0 Å². The van der Waals surface area contributed by atoms with E-state index in [4.69, 9.17) is 10.2 Å². The van der Waals surface area contributed by atoms with Crippen molar-refractivity contribution in [2.45, 2.75) is 32.2 Å². The minimum atomic E-state index is -0.0568. The Morgan fingerprint density at radius 3 is 2.83 bits per heavy atom. The van der Waals surface area contributed by atoms with Crippen molar-refractivity contribution >= 4 is 0 Å². The van der Waals surface area contributed by atoms with Gasteiger partial charge in [-0.05, 0) is 12.3 Å². The fourth-order valence-electron chi connectivity index (χ4n) is 1.28. The molecule has 4 nitrogen and oxygen atoms in total. The maximum Gasteiger partial charge on any atom is 0.233 e. The number of hydrogen-bond donors (Lipinski definition) is 1. The van der Waals surface area contributed by atoms with Crippen LogP contribution in [0.1, 0.15) is 37.1 Å². The summed E-state index contributed by atoms with van der Waals surface area (Å²) in [5.74, 6) is 1.97. The Balaban J connectivity index is 1.97. The van der Waals surface area contributed by atoms with Crippen LogP contribution in [0.2, 0.25) is 0 Å². The van der Waals surface area contributed by atoms with Gasteiger partial charge < -0.3 is 10.2 Å². The van der Waals surface area contributed by atoms with E-state index in [1.54, 1.807) is 6.92 Å². The Hall–Kier alpha value is -0.900. The number of rotatable bonds is 3. The minimum absolute atomic E-state index is 0.0568. The monoisotopic (exact) mass is 167 g/mol. The van der Waals surface area contributed by atoms with Crippen LogP contribution in [0.3, 0.4) is 0 Å². The molecule has 1 atom stereocenters. The molecular weight excluding hydrogens is 154 g/mol. The Kier molecular flexibility index (Phi) is 1.84. The number of aryl methyl sites for hydroxylation is 1. The summed E-state index contributed by atoms with van der Waals surface area (Å²) in [4.78, 5) is 0. The van der Waals surface area contributed by atoms with Crippen LogP contribution < -0.4 is 5.73 Å². The van der Waals surface area contributed by atoms with E-state index >= 15 is 0 Å². The Labute approximate surface area is 71.2 Å². The van der Waals surface area contributed by atoms with Crippen molar-refractivity contribution < 1.29 is 4.42 Å². The summed E-state index contributed by atoms with van der Waals surface area (Å²) in [7, 11) is 0. The smallest absolute Gasteiger partial charge is 0.233 e. The van der Waals surface area contributed by atoms with E-state index in [0.717, 1.165) is 12.3 Å². The molecule has 1 aliphatic rings. The number of hydrogen-bond acceptors (Lipinski definition) is 4. The highest BCUT2D eigenvalue weighted by Gasteiger charge is 2.26. The van der Waals surface area contributed by atoms with Crippen LogP contribution in [0.4, 0.5) is 0 Å². The molecule has 1 heterocycles. The van der Waals surface area contributed by atoms with Gasteiger partial charge in [-0.25, -0.2) is 0 Å². The summed E-state index contributed by atoms with van der Waals surface area (Å²) in [5.41, 5.74) is 5.85. The normalized spacial score (nSPS) is 19.5. The minimum Gasteiger partial charge on any atom is -0.424 e. The van der Waals surface area contributed by atoms with Gasteiger partial charge in [0.25, 0.3) is 0 Å². The number of nitrogens with zero attached hydrogens (tertiary/aromatic N) is 2. The first-order valence-electron chi connectivity index (χ1n) is 4.31. The van der Waals surface area contributed by atoms with Gasteiger partial charge in [-0.1, -0.05) is 12.8 Å². The van der Waals surface area contributed by atoms with Crippen LogP contribution in [0.15, 0.2) is 4.42 Å². The lowest BCUT2D eigenvalue weighted by molar-refractivity contribution is 0.410. The highest BCUT2D eigenvalue weighted by molar-refractivity contribution is 4.90. The Morgan fingerprint density at radius 2 is 2.33 bits per heavy atom. The van der Waals surface area contributed by atoms with E-state index in [1.807, 2.05) is 0 Å². The number of aromatic nitrogens is 2. The SMILES string of the molecule is Cc1nnc(C(N)CC2CC2)o1. The van der Waals surface area contributed by atoms with Gasteiger partial charge >= 0.3 is 0 Å². The summed E-state index contributed by atoms with van der Waals surface area (Å²) in [6.45, 7) is 1.78. The highest BCUT2D eigenvalue weighted by Crippen LogP contribution is 2.36. The van der Waals surface area contributed by atoms with Crippen molar-refractivity contribution in [3.05, 3.63) is 11.8 Å². The van der Waals surface area contributed by atoms with Gasteiger partial charge in [-0.2, -0.15) is 0 Å². The summed E-state index contributed by atoms with van der Waals surface area (Å²) < 4.78 is 5.23. The van der Waals surface area contributed by atoms with Crippen molar-refractivity contribution in [3.63, 3.8) is 0 Å². The zero-order chi connectivity index (χ0) is 8.55. The van der Waals surface area contributed by atoms with Crippen LogP contribution in [0, 0.1) is 12.8 Å². The average Bonchev–Trinajstić information content (AvgIpc) is 2.72. The summed E-state index contributed by atoms with van der Waals surface area (Å²) in [6, 6.07) is -0.0568. The molecule has 0 spiro atoms. The maximum absolute atomic E-state index is 5.85. The van der Waals surface area contributed by atoms with Crippen LogP contribution in [0.25, 0.3) is 0 Å². The molecule has 1 aliphatic carbocycles. The first kappa shape index (κ1) is 7.73. The van der Waals surface area contributed by atoms with Crippen molar-refractivity contribution in [2.75, 3.05) is 0 Å². The quantitative estimate of drug-likeness (QED) is 0.734. The molecular formula is C8H13N3O. The second-order valence-electron chi connectivity index (χ2n) is 3.44. The van der Waals surface area contributed by atoms with Gasteiger partial charge in [-0.3, -0.25) is 0 Å². The zero-order valence-electron chi connectivity index (χ0n) is 7.16. The topological polar surface area (TPSA) is 64.9 Å². The van der Waals surface area contributed by atoms with Crippen LogP contribution in [-0.4, -0.2) is 10.2 Å². The molecule has 1 aromatic rings. The fraction of sp³-hybridized carbons (Fsp3) is 0.750. The predicted molar refractivity (Wildman–Crippen MR) is 43.3 cm³/mol. The summed E-state index contributed by atoms with van der Waals surface area (Å²) >= 11 is 0. The molecule has 1 unspecified atom stereocenters. The van der Waals surface area contributed by atoms with Crippen LogP contribution in [0.5, 0.6) is 0 Å². The third-order valence-corrected chi connectivity index (χ3v) is 2.14. The van der Waals surface area contributed by atoms with Gasteiger partial charge in [0.1, 0.15) is 0 Å². The largest absolute Gasteiger partial charge is 0.424 e. The van der Waals surface area contributed by atoms with Gasteiger partial charge in [0, 0.05) is 6.92 Å². The lowest BCUT2D eigenvalue weighted by atomic mass is 10.1. The van der Waals surface area contributed by atoms with Crippen molar-refractivity contribution in [1.82, 2.24) is 10.2 Å². The first-order chi connectivity index (χ1) is 5.75. The third kappa shape index (κ3) is 1.64. The molecule has 12 heavy (non-hydrogen) atoms. The maximum atomic E-state index is 5.85. The van der Waals surface area contributed by atoms with E-state index in [0.29, 0.717) is 11.8 Å². The fourth-order valence-corrected chi connectivity index (χ4v) is 1.28. The first-order valence-corrected chi connectivity index (χ1v) is 4.31. The molecule has 1 fully saturated rings. The van der Waals surface area contributed by atoms with E-state index in [9.17, 15) is 0 Å². The van der Waals surface area contributed by atoms with E-state index in [1.165, 1.54) is 12.8 Å². The molecule has 1 saturated carbocycles. The molecule has 0 saturated heterocycles. The van der Waals surface area contributed by atoms with Gasteiger partial charge in [0.2, 0.25) is 11.8 Å². The lowest BCUT2D eigenvalue weighted by Crippen LogP contribution is -2.11. The van der Waals surface area contributed by atoms with Gasteiger partial charge in [0.15, 0.2) is 0 Å². The molecule has 0 amide bonds. The van der Waals surface area contributed by atoms with Crippen molar-refractivity contribution in [3.8, 4) is 0 Å². The molecule has 66 valence electrons. The van der Waals surface area contributed by atoms with Gasteiger partial charge in [0.05, 0.1) is 6.04 Å². The molecule has 4 heteroatoms. The molecule has 1 aromatic heterocycles. The highest BCUT2D eigenvalue weighted by atomic mass is 16.4. The Bertz CT molecular complexity index is 267. The van der Waals surface area contributed by atoms with E-state index in [-0.39, 0.29) is 6.04 Å². The van der Waals surface area contributed by atoms with Crippen molar-refractivity contribution in [1.29, 1.82) is 0 Å².